The third-order valence-corrected chi connectivity index (χ3v) is 1.32. The number of halogens is 1. The predicted octanol–water partition coefficient (Wildman–Crippen LogP) is 2.42. The molecule has 0 aliphatic heterocycles. The Labute approximate surface area is 56.2 Å². The molecule has 0 aromatic rings. The smallest absolute Gasteiger partial charge is 0.102 e. The van der Waals surface area contributed by atoms with Gasteiger partial charge < -0.3 is 0 Å². The summed E-state index contributed by atoms with van der Waals surface area (Å²) >= 11 is 5.78. The summed E-state index contributed by atoms with van der Waals surface area (Å²) in [5.41, 5.74) is 0. The highest BCUT2D eigenvalue weighted by atomic mass is 35.5. The molecule has 0 rings (SSSR count). The van der Waals surface area contributed by atoms with E-state index in [0.29, 0.717) is 0 Å². The lowest BCUT2D eigenvalue weighted by molar-refractivity contribution is 0.689. The maximum Gasteiger partial charge on any atom is 0.102 e. The molecule has 0 saturated heterocycles. The van der Waals surface area contributed by atoms with Crippen molar-refractivity contribution < 1.29 is 0 Å². The largest absolute Gasteiger partial charge is 0.118 e. The second kappa shape index (κ2) is 2.99. The van der Waals surface area contributed by atoms with Gasteiger partial charge in [0.1, 0.15) is 4.87 Å². The number of hydrogen-bond donors (Lipinski definition) is 0. The Morgan fingerprint density at radius 1 is 1.75 bits per heavy atom. The monoisotopic (exact) mass is 130 g/mol. The minimum Gasteiger partial charge on any atom is -0.118 e. The molecule has 0 aliphatic carbocycles. The molecule has 0 aromatic carbocycles. The molecule has 0 spiro atoms. The van der Waals surface area contributed by atoms with Crippen LogP contribution in [0.2, 0.25) is 0 Å². The van der Waals surface area contributed by atoms with E-state index >= 15 is 0 Å². The molecule has 1 atom stereocenters. The zero-order chi connectivity index (χ0) is 6.62. The predicted molar refractivity (Wildman–Crippen MR) is 38.0 cm³/mol. The van der Waals surface area contributed by atoms with Crippen molar-refractivity contribution in [2.24, 2.45) is 0 Å². The maximum absolute atomic E-state index is 5.78. The average molecular weight is 131 g/mol. The highest BCUT2D eigenvalue weighted by Crippen LogP contribution is 2.18. The molecule has 0 nitrogen and oxygen atoms in total. The summed E-state index contributed by atoms with van der Waals surface area (Å²) in [5.74, 6) is 2.51. The van der Waals surface area contributed by atoms with Crippen LogP contribution in [0.25, 0.3) is 0 Å². The summed E-state index contributed by atoms with van der Waals surface area (Å²) in [6, 6.07) is 0. The number of rotatable bonds is 2. The third-order valence-electron chi connectivity index (χ3n) is 1.02. The third kappa shape index (κ3) is 2.93. The van der Waals surface area contributed by atoms with Crippen LogP contribution in [-0.4, -0.2) is 4.87 Å². The van der Waals surface area contributed by atoms with Gasteiger partial charge in [-0.1, -0.05) is 19.3 Å². The molecule has 8 heavy (non-hydrogen) atoms. The van der Waals surface area contributed by atoms with Gasteiger partial charge in [-0.15, -0.1) is 18.0 Å². The van der Waals surface area contributed by atoms with E-state index < -0.39 is 4.87 Å². The molecule has 0 fully saturated rings. The van der Waals surface area contributed by atoms with Crippen LogP contribution in [0.3, 0.4) is 0 Å². The fourth-order valence-corrected chi connectivity index (χ4v) is 0.731. The van der Waals surface area contributed by atoms with Gasteiger partial charge >= 0.3 is 0 Å². The van der Waals surface area contributed by atoms with Gasteiger partial charge in [0.05, 0.1) is 0 Å². The van der Waals surface area contributed by atoms with E-state index in [1.165, 1.54) is 0 Å². The molecule has 0 saturated carbocycles. The summed E-state index contributed by atoms with van der Waals surface area (Å²) in [6.45, 7) is 3.93. The Morgan fingerprint density at radius 3 is 2.38 bits per heavy atom. The normalized spacial score (nSPS) is 16.8. The van der Waals surface area contributed by atoms with Gasteiger partial charge in [-0.3, -0.25) is 0 Å². The van der Waals surface area contributed by atoms with Gasteiger partial charge in [0.25, 0.3) is 0 Å². The topological polar surface area (TPSA) is 0 Å². The van der Waals surface area contributed by atoms with Gasteiger partial charge in [-0.2, -0.15) is 0 Å². The van der Waals surface area contributed by atoms with E-state index in [1.54, 1.807) is 0 Å². The van der Waals surface area contributed by atoms with Crippen molar-refractivity contribution in [1.29, 1.82) is 0 Å². The number of alkyl halides is 1. The van der Waals surface area contributed by atoms with E-state index in [-0.39, 0.29) is 0 Å². The van der Waals surface area contributed by atoms with E-state index in [1.807, 2.05) is 6.92 Å². The lowest BCUT2D eigenvalue weighted by Crippen LogP contribution is -2.11. The van der Waals surface area contributed by atoms with Gasteiger partial charge in [0, 0.05) is 0 Å². The van der Waals surface area contributed by atoms with E-state index in [0.717, 1.165) is 12.8 Å². The van der Waals surface area contributed by atoms with Gasteiger partial charge in [-0.25, -0.2) is 0 Å². The van der Waals surface area contributed by atoms with E-state index in [9.17, 15) is 0 Å². The zero-order valence-corrected chi connectivity index (χ0v) is 6.13. The minimum absolute atomic E-state index is 0.408. The minimum atomic E-state index is -0.408. The van der Waals surface area contributed by atoms with Crippen LogP contribution in [0.1, 0.15) is 26.7 Å². The molecule has 0 amide bonds. The summed E-state index contributed by atoms with van der Waals surface area (Å²) in [5, 5.41) is 0. The standard InChI is InChI=1S/C7H11Cl/c1-4-6-7(3,8)5-2/h2H,4,6H2,1,3H3. The van der Waals surface area contributed by atoms with E-state index in [2.05, 4.69) is 12.8 Å². The van der Waals surface area contributed by atoms with Crippen molar-refractivity contribution in [3.63, 3.8) is 0 Å². The molecule has 46 valence electrons. The maximum atomic E-state index is 5.78. The summed E-state index contributed by atoms with van der Waals surface area (Å²) < 4.78 is 0. The molecule has 1 unspecified atom stereocenters. The highest BCUT2D eigenvalue weighted by Gasteiger charge is 2.13. The number of terminal acetylenes is 1. The van der Waals surface area contributed by atoms with Crippen molar-refractivity contribution in [3.8, 4) is 12.3 Å². The lowest BCUT2D eigenvalue weighted by atomic mass is 10.1. The Kier molecular flexibility index (Phi) is 2.94. The van der Waals surface area contributed by atoms with Crippen LogP contribution in [0.15, 0.2) is 0 Å². The molecule has 0 heterocycles. The van der Waals surface area contributed by atoms with E-state index in [4.69, 9.17) is 18.0 Å². The average Bonchev–Trinajstić information content (AvgIpc) is 1.67. The van der Waals surface area contributed by atoms with Crippen LogP contribution in [0.5, 0.6) is 0 Å². The zero-order valence-electron chi connectivity index (χ0n) is 5.37. The molecule has 1 heteroatoms. The molecule has 0 N–H and O–H groups in total. The van der Waals surface area contributed by atoms with Gasteiger partial charge in [0.15, 0.2) is 0 Å². The van der Waals surface area contributed by atoms with Crippen molar-refractivity contribution in [2.75, 3.05) is 0 Å². The van der Waals surface area contributed by atoms with Gasteiger partial charge in [-0.05, 0) is 13.3 Å². The second-order valence-corrected chi connectivity index (χ2v) is 2.93. The molecule has 0 bridgehead atoms. The fourth-order valence-electron chi connectivity index (χ4n) is 0.542. The first kappa shape index (κ1) is 7.85. The molecule has 0 radical (unpaired) electrons. The Hall–Kier alpha value is -0.150. The first-order valence-electron chi connectivity index (χ1n) is 2.79. The Morgan fingerprint density at radius 2 is 2.25 bits per heavy atom. The molecule has 0 aliphatic rings. The van der Waals surface area contributed by atoms with Crippen LogP contribution < -0.4 is 0 Å². The quantitative estimate of drug-likeness (QED) is 0.398. The molecular formula is C7H11Cl. The molecule has 0 aromatic heterocycles. The lowest BCUT2D eigenvalue weighted by Gasteiger charge is -2.11. The van der Waals surface area contributed by atoms with Crippen LogP contribution in [0, 0.1) is 12.3 Å². The fraction of sp³-hybridized carbons (Fsp3) is 0.714. The van der Waals surface area contributed by atoms with Crippen molar-refractivity contribution in [1.82, 2.24) is 0 Å². The molecular weight excluding hydrogens is 120 g/mol. The van der Waals surface area contributed by atoms with Gasteiger partial charge in [0.2, 0.25) is 0 Å². The second-order valence-electron chi connectivity index (χ2n) is 2.09. The van der Waals surface area contributed by atoms with Crippen molar-refractivity contribution in [3.05, 3.63) is 0 Å². The Bertz CT molecular complexity index is 97.4. The van der Waals surface area contributed by atoms with Crippen LogP contribution in [-0.2, 0) is 0 Å². The van der Waals surface area contributed by atoms with Crippen LogP contribution in [0.4, 0.5) is 0 Å². The first-order valence-corrected chi connectivity index (χ1v) is 3.17. The number of hydrogen-bond acceptors (Lipinski definition) is 0. The highest BCUT2D eigenvalue weighted by molar-refractivity contribution is 6.25. The van der Waals surface area contributed by atoms with Crippen molar-refractivity contribution >= 4 is 11.6 Å². The SMILES string of the molecule is C#CC(C)(Cl)CCC. The Balaban J connectivity index is 3.59. The van der Waals surface area contributed by atoms with Crippen LogP contribution >= 0.6 is 11.6 Å². The summed E-state index contributed by atoms with van der Waals surface area (Å²) in [7, 11) is 0. The first-order chi connectivity index (χ1) is 3.62. The summed E-state index contributed by atoms with van der Waals surface area (Å²) in [4.78, 5) is -0.408. The van der Waals surface area contributed by atoms with Crippen molar-refractivity contribution in [2.45, 2.75) is 31.6 Å². The summed E-state index contributed by atoms with van der Waals surface area (Å²) in [6.07, 6.45) is 7.05.